The van der Waals surface area contributed by atoms with Gasteiger partial charge in [0, 0.05) is 37.3 Å². The molecule has 1 aromatic carbocycles. The molecular weight excluding hydrogens is 392 g/mol. The number of halogens is 1. The first-order valence-electron chi connectivity index (χ1n) is 8.34. The van der Waals surface area contributed by atoms with Crippen LogP contribution >= 0.6 is 11.6 Å². The molecule has 146 valence electrons. The van der Waals surface area contributed by atoms with Crippen molar-refractivity contribution in [3.05, 3.63) is 53.6 Å². The number of rotatable bonds is 6. The molecule has 9 heteroatoms. The van der Waals surface area contributed by atoms with E-state index in [0.717, 1.165) is 0 Å². The van der Waals surface area contributed by atoms with Crippen LogP contribution in [0.15, 0.2) is 53.5 Å². The van der Waals surface area contributed by atoms with Crippen molar-refractivity contribution in [3.8, 4) is 0 Å². The van der Waals surface area contributed by atoms with E-state index in [0.29, 0.717) is 5.02 Å². The summed E-state index contributed by atoms with van der Waals surface area (Å²) in [5.41, 5.74) is 0. The number of sulfonamides is 1. The van der Waals surface area contributed by atoms with Crippen molar-refractivity contribution >= 4 is 33.5 Å². The predicted molar refractivity (Wildman–Crippen MR) is 102 cm³/mol. The summed E-state index contributed by atoms with van der Waals surface area (Å²) in [4.78, 5) is 25.2. The normalized spacial score (nSPS) is 16.1. The number of carbonyl (C=O) groups is 2. The van der Waals surface area contributed by atoms with Crippen LogP contribution in [-0.2, 0) is 24.3 Å². The van der Waals surface area contributed by atoms with Gasteiger partial charge >= 0.3 is 5.97 Å². The molecule has 0 N–H and O–H groups in total. The molecule has 2 rings (SSSR count). The van der Waals surface area contributed by atoms with Gasteiger partial charge in [0.25, 0.3) is 5.91 Å². The van der Waals surface area contributed by atoms with Crippen molar-refractivity contribution in [1.29, 1.82) is 0 Å². The van der Waals surface area contributed by atoms with Crippen LogP contribution in [0.5, 0.6) is 0 Å². The average Bonchev–Trinajstić information content (AvgIpc) is 2.67. The van der Waals surface area contributed by atoms with Crippen molar-refractivity contribution < 1.29 is 22.7 Å². The highest BCUT2D eigenvalue weighted by molar-refractivity contribution is 7.89. The Hall–Kier alpha value is -2.16. The van der Waals surface area contributed by atoms with Gasteiger partial charge in [-0.25, -0.2) is 13.2 Å². The van der Waals surface area contributed by atoms with E-state index < -0.39 is 16.0 Å². The molecule has 0 spiro atoms. The largest absolute Gasteiger partial charge is 0.452 e. The van der Waals surface area contributed by atoms with Crippen LogP contribution in [-0.4, -0.2) is 62.3 Å². The Labute approximate surface area is 163 Å². The lowest BCUT2D eigenvalue weighted by atomic mass is 10.3. The number of allylic oxidation sites excluding steroid dienone is 3. The van der Waals surface area contributed by atoms with E-state index in [1.54, 1.807) is 12.2 Å². The van der Waals surface area contributed by atoms with E-state index in [9.17, 15) is 18.0 Å². The van der Waals surface area contributed by atoms with Gasteiger partial charge in [0.05, 0.1) is 4.90 Å². The molecule has 0 bridgehead atoms. The van der Waals surface area contributed by atoms with Crippen LogP contribution in [0.25, 0.3) is 0 Å². The molecule has 1 fully saturated rings. The molecule has 1 heterocycles. The van der Waals surface area contributed by atoms with Gasteiger partial charge in [0.15, 0.2) is 6.61 Å². The lowest BCUT2D eigenvalue weighted by Gasteiger charge is -2.33. The molecule has 7 nitrogen and oxygen atoms in total. The van der Waals surface area contributed by atoms with Crippen molar-refractivity contribution in [2.75, 3.05) is 32.8 Å². The number of carbonyl (C=O) groups excluding carboxylic acids is 2. The first-order chi connectivity index (χ1) is 12.8. The van der Waals surface area contributed by atoms with Gasteiger partial charge in [-0.3, -0.25) is 4.79 Å². The van der Waals surface area contributed by atoms with Gasteiger partial charge in [-0.15, -0.1) is 0 Å². The molecule has 0 atom stereocenters. The summed E-state index contributed by atoms with van der Waals surface area (Å²) in [7, 11) is -3.63. The number of esters is 1. The van der Waals surface area contributed by atoms with Gasteiger partial charge < -0.3 is 9.64 Å². The second kappa shape index (κ2) is 9.68. The fourth-order valence-corrected chi connectivity index (χ4v) is 4.00. The van der Waals surface area contributed by atoms with Crippen molar-refractivity contribution in [1.82, 2.24) is 9.21 Å². The number of hydrogen-bond donors (Lipinski definition) is 0. The molecule has 0 saturated carbocycles. The fraction of sp³-hybridized carbons (Fsp3) is 0.333. The summed E-state index contributed by atoms with van der Waals surface area (Å²) in [6, 6.07) is 5.95. The van der Waals surface area contributed by atoms with E-state index in [2.05, 4.69) is 0 Å². The van der Waals surface area contributed by atoms with Gasteiger partial charge in [0.2, 0.25) is 10.0 Å². The summed E-state index contributed by atoms with van der Waals surface area (Å²) < 4.78 is 31.4. The summed E-state index contributed by atoms with van der Waals surface area (Å²) >= 11 is 5.79. The molecule has 1 aromatic rings. The van der Waals surface area contributed by atoms with Gasteiger partial charge in [-0.2, -0.15) is 4.31 Å². The minimum absolute atomic E-state index is 0.161. The van der Waals surface area contributed by atoms with Crippen molar-refractivity contribution in [3.63, 3.8) is 0 Å². The Morgan fingerprint density at radius 1 is 1.11 bits per heavy atom. The third-order valence-corrected chi connectivity index (χ3v) is 6.08. The Balaban J connectivity index is 1.86. The minimum atomic E-state index is -3.63. The standard InChI is InChI=1S/C18H21ClN2O5S/c1-2-3-4-5-18(23)26-14-17(22)20-10-12-21(13-11-20)27(24,25)16-8-6-15(19)7-9-16/h2-9H,10-14H2,1H3/b3-2+,5-4+. The first-order valence-corrected chi connectivity index (χ1v) is 10.2. The molecule has 1 aliphatic rings. The fourth-order valence-electron chi connectivity index (χ4n) is 2.45. The highest BCUT2D eigenvalue weighted by Gasteiger charge is 2.30. The predicted octanol–water partition coefficient (Wildman–Crippen LogP) is 1.85. The zero-order valence-corrected chi connectivity index (χ0v) is 16.4. The lowest BCUT2D eigenvalue weighted by molar-refractivity contribution is -0.148. The Bertz CT molecular complexity index is 826. The highest BCUT2D eigenvalue weighted by Crippen LogP contribution is 2.19. The van der Waals surface area contributed by atoms with E-state index in [-0.39, 0.29) is 43.6 Å². The van der Waals surface area contributed by atoms with Crippen LogP contribution in [0.4, 0.5) is 0 Å². The van der Waals surface area contributed by atoms with Crippen LogP contribution in [0.2, 0.25) is 5.02 Å². The summed E-state index contributed by atoms with van der Waals surface area (Å²) in [6.45, 7) is 2.25. The maximum atomic E-state index is 12.6. The number of nitrogens with zero attached hydrogens (tertiary/aromatic N) is 2. The van der Waals surface area contributed by atoms with Crippen LogP contribution in [0.1, 0.15) is 6.92 Å². The Kier molecular flexibility index (Phi) is 7.58. The zero-order valence-electron chi connectivity index (χ0n) is 14.9. The quantitative estimate of drug-likeness (QED) is 0.404. The monoisotopic (exact) mass is 412 g/mol. The van der Waals surface area contributed by atoms with Crippen LogP contribution in [0, 0.1) is 0 Å². The molecule has 0 aromatic heterocycles. The molecule has 1 saturated heterocycles. The SMILES string of the molecule is C/C=C/C=C/C(=O)OCC(=O)N1CCN(S(=O)(=O)c2ccc(Cl)cc2)CC1. The number of ether oxygens (including phenoxy) is 1. The summed E-state index contributed by atoms with van der Waals surface area (Å²) in [5, 5.41) is 0.458. The molecular formula is C18H21ClN2O5S. The molecule has 1 aliphatic heterocycles. The third kappa shape index (κ3) is 5.92. The molecule has 0 radical (unpaired) electrons. The molecule has 27 heavy (non-hydrogen) atoms. The van der Waals surface area contributed by atoms with Crippen molar-refractivity contribution in [2.45, 2.75) is 11.8 Å². The summed E-state index contributed by atoms with van der Waals surface area (Å²) in [6.07, 6.45) is 6.17. The van der Waals surface area contributed by atoms with Gasteiger partial charge in [-0.1, -0.05) is 29.8 Å². The van der Waals surface area contributed by atoms with E-state index in [1.807, 2.05) is 6.92 Å². The lowest BCUT2D eigenvalue weighted by Crippen LogP contribution is -2.51. The number of amides is 1. The maximum Gasteiger partial charge on any atom is 0.331 e. The first kappa shape index (κ1) is 21.1. The Morgan fingerprint density at radius 2 is 1.74 bits per heavy atom. The van der Waals surface area contributed by atoms with Gasteiger partial charge in [0.1, 0.15) is 0 Å². The second-order valence-electron chi connectivity index (χ2n) is 5.73. The molecule has 1 amide bonds. The number of benzene rings is 1. The van der Waals surface area contributed by atoms with Crippen LogP contribution in [0.3, 0.4) is 0 Å². The van der Waals surface area contributed by atoms with E-state index in [1.165, 1.54) is 45.6 Å². The van der Waals surface area contributed by atoms with Crippen LogP contribution < -0.4 is 0 Å². The average molecular weight is 413 g/mol. The topological polar surface area (TPSA) is 84.0 Å². The zero-order chi connectivity index (χ0) is 19.9. The second-order valence-corrected chi connectivity index (χ2v) is 8.11. The maximum absolute atomic E-state index is 12.6. The van der Waals surface area contributed by atoms with Crippen molar-refractivity contribution in [2.24, 2.45) is 0 Å². The molecule has 0 unspecified atom stereocenters. The van der Waals surface area contributed by atoms with Gasteiger partial charge in [-0.05, 0) is 31.2 Å². The number of piperazine rings is 1. The number of hydrogen-bond acceptors (Lipinski definition) is 5. The third-order valence-electron chi connectivity index (χ3n) is 3.92. The highest BCUT2D eigenvalue weighted by atomic mass is 35.5. The summed E-state index contributed by atoms with van der Waals surface area (Å²) in [5.74, 6) is -0.961. The van der Waals surface area contributed by atoms with E-state index >= 15 is 0 Å². The smallest absolute Gasteiger partial charge is 0.331 e. The Morgan fingerprint density at radius 3 is 2.33 bits per heavy atom. The van der Waals surface area contributed by atoms with E-state index in [4.69, 9.17) is 16.3 Å². The minimum Gasteiger partial charge on any atom is -0.452 e. The molecule has 0 aliphatic carbocycles.